The topological polar surface area (TPSA) is 63.4 Å². The van der Waals surface area contributed by atoms with Crippen LogP contribution < -0.4 is 5.73 Å². The molecule has 2 aliphatic rings. The Morgan fingerprint density at radius 2 is 1.86 bits per heavy atom. The van der Waals surface area contributed by atoms with Crippen molar-refractivity contribution in [3.05, 3.63) is 29.8 Å². The first-order valence-corrected chi connectivity index (χ1v) is 9.33. The molecule has 0 saturated carbocycles. The van der Waals surface area contributed by atoms with Gasteiger partial charge in [0.25, 0.3) is 0 Å². The van der Waals surface area contributed by atoms with Crippen LogP contribution in [0.4, 0.5) is 0 Å². The SMILES string of the molecule is CC1CN(C2(CN)CCS(=O)(=O)c3ccccc32)CC1C. The van der Waals surface area contributed by atoms with Gasteiger partial charge in [0, 0.05) is 19.6 Å². The Labute approximate surface area is 127 Å². The van der Waals surface area contributed by atoms with Crippen LogP contribution in [0.5, 0.6) is 0 Å². The lowest BCUT2D eigenvalue weighted by atomic mass is 9.85. The van der Waals surface area contributed by atoms with Crippen LogP contribution in [0.15, 0.2) is 29.2 Å². The molecular formula is C16H24N2O2S. The maximum atomic E-state index is 12.4. The van der Waals surface area contributed by atoms with Gasteiger partial charge in [-0.25, -0.2) is 8.42 Å². The van der Waals surface area contributed by atoms with Crippen molar-refractivity contribution in [1.82, 2.24) is 4.90 Å². The summed E-state index contributed by atoms with van der Waals surface area (Å²) in [4.78, 5) is 2.91. The van der Waals surface area contributed by atoms with E-state index in [0.29, 0.717) is 29.7 Å². The second-order valence-corrected chi connectivity index (χ2v) is 8.74. The molecule has 2 aliphatic heterocycles. The zero-order valence-corrected chi connectivity index (χ0v) is 13.6. The fourth-order valence-corrected chi connectivity index (χ4v) is 5.52. The highest BCUT2D eigenvalue weighted by Crippen LogP contribution is 2.43. The summed E-state index contributed by atoms with van der Waals surface area (Å²) in [6.07, 6.45) is 0.599. The van der Waals surface area contributed by atoms with Crippen LogP contribution in [-0.4, -0.2) is 38.7 Å². The molecule has 3 unspecified atom stereocenters. The summed E-state index contributed by atoms with van der Waals surface area (Å²) in [5.74, 6) is 1.44. The lowest BCUT2D eigenvalue weighted by Crippen LogP contribution is -2.53. The predicted octanol–water partition coefficient (Wildman–Crippen LogP) is 1.61. The van der Waals surface area contributed by atoms with Crippen molar-refractivity contribution >= 4 is 9.84 Å². The van der Waals surface area contributed by atoms with Crippen LogP contribution in [0.2, 0.25) is 0 Å². The molecule has 3 rings (SSSR count). The standard InChI is InChI=1S/C16H24N2O2S/c1-12-9-18(10-13(12)2)16(11-17)7-8-21(19,20)15-6-4-3-5-14(15)16/h3-6,12-13H,7-11,17H2,1-2H3. The molecule has 0 spiro atoms. The third-order valence-electron chi connectivity index (χ3n) is 5.44. The van der Waals surface area contributed by atoms with Crippen molar-refractivity contribution in [1.29, 1.82) is 0 Å². The third-order valence-corrected chi connectivity index (χ3v) is 7.21. The monoisotopic (exact) mass is 308 g/mol. The molecule has 1 aromatic rings. The average Bonchev–Trinajstić information content (AvgIpc) is 2.80. The van der Waals surface area contributed by atoms with E-state index in [1.807, 2.05) is 12.1 Å². The lowest BCUT2D eigenvalue weighted by Gasteiger charge is -2.45. The Morgan fingerprint density at radius 3 is 2.48 bits per heavy atom. The summed E-state index contributed by atoms with van der Waals surface area (Å²) in [6, 6.07) is 7.41. The van der Waals surface area contributed by atoms with Gasteiger partial charge >= 0.3 is 0 Å². The van der Waals surface area contributed by atoms with Crippen molar-refractivity contribution < 1.29 is 8.42 Å². The number of hydrogen-bond donors (Lipinski definition) is 1. The first kappa shape index (κ1) is 15.0. The zero-order valence-electron chi connectivity index (χ0n) is 12.7. The van der Waals surface area contributed by atoms with Crippen LogP contribution in [0.1, 0.15) is 25.8 Å². The van der Waals surface area contributed by atoms with Crippen molar-refractivity contribution in [2.45, 2.75) is 30.7 Å². The molecule has 21 heavy (non-hydrogen) atoms. The highest BCUT2D eigenvalue weighted by Gasteiger charge is 2.47. The van der Waals surface area contributed by atoms with E-state index in [1.165, 1.54) is 0 Å². The highest BCUT2D eigenvalue weighted by atomic mass is 32.2. The number of hydrogen-bond acceptors (Lipinski definition) is 4. The molecule has 2 N–H and O–H groups in total. The second-order valence-electron chi connectivity index (χ2n) is 6.66. The van der Waals surface area contributed by atoms with Gasteiger partial charge in [0.15, 0.2) is 9.84 Å². The number of nitrogens with zero attached hydrogens (tertiary/aromatic N) is 1. The number of fused-ring (bicyclic) bond motifs is 1. The first-order valence-electron chi connectivity index (χ1n) is 7.68. The molecule has 2 heterocycles. The molecule has 0 amide bonds. The Kier molecular flexibility index (Phi) is 3.62. The van der Waals surface area contributed by atoms with E-state index in [0.717, 1.165) is 18.7 Å². The quantitative estimate of drug-likeness (QED) is 0.901. The van der Waals surface area contributed by atoms with Gasteiger partial charge in [-0.1, -0.05) is 32.0 Å². The molecule has 1 saturated heterocycles. The number of rotatable bonds is 2. The van der Waals surface area contributed by atoms with Crippen LogP contribution in [-0.2, 0) is 15.4 Å². The van der Waals surface area contributed by atoms with E-state index in [2.05, 4.69) is 18.7 Å². The Morgan fingerprint density at radius 1 is 1.24 bits per heavy atom. The fourth-order valence-electron chi connectivity index (χ4n) is 3.82. The Hall–Kier alpha value is -0.910. The molecular weight excluding hydrogens is 284 g/mol. The maximum absolute atomic E-state index is 12.4. The number of nitrogens with two attached hydrogens (primary N) is 1. The normalized spacial score (nSPS) is 35.6. The van der Waals surface area contributed by atoms with Crippen LogP contribution in [0, 0.1) is 11.8 Å². The molecule has 0 radical (unpaired) electrons. The maximum Gasteiger partial charge on any atom is 0.178 e. The van der Waals surface area contributed by atoms with E-state index in [9.17, 15) is 8.42 Å². The molecule has 3 atom stereocenters. The molecule has 0 aliphatic carbocycles. The van der Waals surface area contributed by atoms with Crippen molar-refractivity contribution in [3.63, 3.8) is 0 Å². The number of sulfone groups is 1. The second kappa shape index (κ2) is 5.07. The fraction of sp³-hybridized carbons (Fsp3) is 0.625. The molecule has 0 aromatic heterocycles. The van der Waals surface area contributed by atoms with E-state index in [-0.39, 0.29) is 11.3 Å². The van der Waals surface area contributed by atoms with Crippen LogP contribution in [0.25, 0.3) is 0 Å². The highest BCUT2D eigenvalue weighted by molar-refractivity contribution is 7.91. The molecule has 1 fully saturated rings. The predicted molar refractivity (Wildman–Crippen MR) is 83.7 cm³/mol. The Bertz CT molecular complexity index is 633. The van der Waals surface area contributed by atoms with Crippen molar-refractivity contribution in [2.75, 3.05) is 25.4 Å². The van der Waals surface area contributed by atoms with Gasteiger partial charge in [-0.2, -0.15) is 0 Å². The summed E-state index contributed by atoms with van der Waals surface area (Å²) in [6.45, 7) is 6.99. The van der Waals surface area contributed by atoms with E-state index < -0.39 is 9.84 Å². The third kappa shape index (κ3) is 2.22. The van der Waals surface area contributed by atoms with Crippen LogP contribution >= 0.6 is 0 Å². The van der Waals surface area contributed by atoms with Gasteiger partial charge in [0.1, 0.15) is 0 Å². The molecule has 4 nitrogen and oxygen atoms in total. The zero-order chi connectivity index (χ0) is 15.3. The summed E-state index contributed by atoms with van der Waals surface area (Å²) < 4.78 is 24.7. The molecule has 5 heteroatoms. The largest absolute Gasteiger partial charge is 0.328 e. The van der Waals surface area contributed by atoms with Gasteiger partial charge in [0.05, 0.1) is 16.2 Å². The van der Waals surface area contributed by atoms with Crippen molar-refractivity contribution in [2.24, 2.45) is 17.6 Å². The van der Waals surface area contributed by atoms with E-state index in [1.54, 1.807) is 12.1 Å². The van der Waals surface area contributed by atoms with E-state index in [4.69, 9.17) is 5.73 Å². The smallest absolute Gasteiger partial charge is 0.178 e. The molecule has 1 aromatic carbocycles. The Balaban J connectivity index is 2.12. The van der Waals surface area contributed by atoms with Gasteiger partial charge in [-0.3, -0.25) is 4.90 Å². The first-order chi connectivity index (χ1) is 9.90. The van der Waals surface area contributed by atoms with Crippen LogP contribution in [0.3, 0.4) is 0 Å². The van der Waals surface area contributed by atoms with Gasteiger partial charge < -0.3 is 5.73 Å². The average molecular weight is 308 g/mol. The van der Waals surface area contributed by atoms with Gasteiger partial charge in [-0.05, 0) is 29.9 Å². The van der Waals surface area contributed by atoms with Gasteiger partial charge in [0.2, 0.25) is 0 Å². The summed E-state index contributed by atoms with van der Waals surface area (Å²) in [5.41, 5.74) is 6.76. The molecule has 116 valence electrons. The molecule has 0 bridgehead atoms. The number of likely N-dealkylation sites (tertiary alicyclic amines) is 1. The van der Waals surface area contributed by atoms with Crippen molar-refractivity contribution in [3.8, 4) is 0 Å². The number of benzene rings is 1. The minimum Gasteiger partial charge on any atom is -0.328 e. The summed E-state index contributed by atoms with van der Waals surface area (Å²) in [5, 5.41) is 0. The van der Waals surface area contributed by atoms with Gasteiger partial charge in [-0.15, -0.1) is 0 Å². The minimum atomic E-state index is -3.16. The summed E-state index contributed by atoms with van der Waals surface area (Å²) in [7, 11) is -3.16. The van der Waals surface area contributed by atoms with E-state index >= 15 is 0 Å². The minimum absolute atomic E-state index is 0.195. The summed E-state index contributed by atoms with van der Waals surface area (Å²) >= 11 is 0. The lowest BCUT2D eigenvalue weighted by molar-refractivity contribution is 0.106.